The van der Waals surface area contributed by atoms with E-state index in [-0.39, 0.29) is 0 Å². The van der Waals surface area contributed by atoms with Crippen molar-refractivity contribution < 1.29 is 0 Å². The number of nitrogens with zero attached hydrogens (tertiary/aromatic N) is 3. The molecule has 0 fully saturated rings. The van der Waals surface area contributed by atoms with Crippen LogP contribution in [0.3, 0.4) is 0 Å². The van der Waals surface area contributed by atoms with E-state index in [1.165, 1.54) is 16.2 Å². The van der Waals surface area contributed by atoms with E-state index >= 15 is 0 Å². The molecular weight excluding hydrogens is 262 g/mol. The van der Waals surface area contributed by atoms with Gasteiger partial charge in [-0.3, -0.25) is 0 Å². The third kappa shape index (κ3) is 1.61. The van der Waals surface area contributed by atoms with E-state index in [4.69, 9.17) is 11.6 Å². The molecule has 16 heavy (non-hydrogen) atoms. The third-order valence-electron chi connectivity index (χ3n) is 2.09. The molecule has 0 aliphatic carbocycles. The zero-order valence-corrected chi connectivity index (χ0v) is 10.7. The van der Waals surface area contributed by atoms with Crippen molar-refractivity contribution >= 4 is 44.5 Å². The highest BCUT2D eigenvalue weighted by Gasteiger charge is 2.11. The molecule has 0 aliphatic rings. The summed E-state index contributed by atoms with van der Waals surface area (Å²) >= 11 is 9.25. The maximum atomic E-state index is 6.12. The first-order valence-corrected chi connectivity index (χ1v) is 6.65. The number of halogens is 1. The number of fused-ring (bicyclic) bond motifs is 1. The van der Waals surface area contributed by atoms with Gasteiger partial charge in [0.2, 0.25) is 0 Å². The van der Waals surface area contributed by atoms with Crippen molar-refractivity contribution in [3.05, 3.63) is 27.7 Å². The molecule has 0 aliphatic heterocycles. The van der Waals surface area contributed by atoms with Crippen molar-refractivity contribution in [1.82, 2.24) is 15.0 Å². The molecule has 3 rings (SSSR count). The molecule has 0 bridgehead atoms. The van der Waals surface area contributed by atoms with Gasteiger partial charge in [0.15, 0.2) is 10.8 Å². The lowest BCUT2D eigenvalue weighted by Gasteiger charge is -1.97. The number of hydrogen-bond acceptors (Lipinski definition) is 5. The van der Waals surface area contributed by atoms with Crippen molar-refractivity contribution in [2.75, 3.05) is 0 Å². The molecule has 0 saturated carbocycles. The van der Waals surface area contributed by atoms with E-state index in [1.807, 2.05) is 18.4 Å². The van der Waals surface area contributed by atoms with Gasteiger partial charge in [-0.1, -0.05) is 11.6 Å². The van der Waals surface area contributed by atoms with Crippen LogP contribution < -0.4 is 0 Å². The first-order chi connectivity index (χ1) is 7.74. The molecule has 3 aromatic heterocycles. The highest BCUT2D eigenvalue weighted by molar-refractivity contribution is 7.18. The summed E-state index contributed by atoms with van der Waals surface area (Å²) in [6, 6.07) is 2.01. The van der Waals surface area contributed by atoms with Gasteiger partial charge in [-0.25, -0.2) is 15.0 Å². The van der Waals surface area contributed by atoms with Crippen LogP contribution >= 0.6 is 34.3 Å². The van der Waals surface area contributed by atoms with E-state index in [2.05, 4.69) is 15.0 Å². The molecule has 0 saturated heterocycles. The fraction of sp³-hybridized carbons (Fsp3) is 0.100. The standard InChI is InChI=1S/C10H6ClN3S2/c1-5-4-6-7(11)13-8(14-9(6)16-5)10-12-2-3-15-10/h2-4H,1H3. The molecule has 3 aromatic rings. The SMILES string of the molecule is Cc1cc2c(Cl)nc(-c3nccs3)nc2s1. The predicted molar refractivity (Wildman–Crippen MR) is 68.3 cm³/mol. The highest BCUT2D eigenvalue weighted by atomic mass is 35.5. The minimum atomic E-state index is 0.500. The second kappa shape index (κ2) is 3.76. The van der Waals surface area contributed by atoms with Gasteiger partial charge in [-0.15, -0.1) is 22.7 Å². The second-order valence-corrected chi connectivity index (χ2v) is 5.74. The Kier molecular flexibility index (Phi) is 2.38. The van der Waals surface area contributed by atoms with Gasteiger partial charge in [0.1, 0.15) is 9.98 Å². The molecule has 0 spiro atoms. The van der Waals surface area contributed by atoms with Crippen LogP contribution in [0.1, 0.15) is 4.88 Å². The first kappa shape index (κ1) is 10.1. The maximum absolute atomic E-state index is 6.12. The van der Waals surface area contributed by atoms with Gasteiger partial charge < -0.3 is 0 Å². The molecular formula is C10H6ClN3S2. The summed E-state index contributed by atoms with van der Waals surface area (Å²) in [6.45, 7) is 2.03. The van der Waals surface area contributed by atoms with E-state index in [0.717, 1.165) is 15.2 Å². The minimum absolute atomic E-state index is 0.500. The van der Waals surface area contributed by atoms with Crippen LogP contribution in [0.5, 0.6) is 0 Å². The van der Waals surface area contributed by atoms with Crippen molar-refractivity contribution in [1.29, 1.82) is 0 Å². The summed E-state index contributed by atoms with van der Waals surface area (Å²) < 4.78 is 0. The number of rotatable bonds is 1. The molecule has 0 aromatic carbocycles. The first-order valence-electron chi connectivity index (χ1n) is 4.57. The van der Waals surface area contributed by atoms with Gasteiger partial charge in [0.05, 0.1) is 0 Å². The lowest BCUT2D eigenvalue weighted by Crippen LogP contribution is -1.88. The molecule has 0 radical (unpaired) electrons. The fourth-order valence-corrected chi connectivity index (χ4v) is 3.17. The molecule has 80 valence electrons. The number of aromatic nitrogens is 3. The van der Waals surface area contributed by atoms with Gasteiger partial charge in [-0.2, -0.15) is 0 Å². The average Bonchev–Trinajstić information content (AvgIpc) is 2.84. The smallest absolute Gasteiger partial charge is 0.191 e. The van der Waals surface area contributed by atoms with E-state index in [0.29, 0.717) is 11.0 Å². The summed E-state index contributed by atoms with van der Waals surface area (Å²) in [5, 5.41) is 4.12. The van der Waals surface area contributed by atoms with Crippen molar-refractivity contribution in [2.45, 2.75) is 6.92 Å². The quantitative estimate of drug-likeness (QED) is 0.630. The van der Waals surface area contributed by atoms with Crippen molar-refractivity contribution in [2.24, 2.45) is 0 Å². The molecule has 0 N–H and O–H groups in total. The van der Waals surface area contributed by atoms with Gasteiger partial charge >= 0.3 is 0 Å². The Morgan fingerprint density at radius 1 is 1.31 bits per heavy atom. The van der Waals surface area contributed by atoms with Gasteiger partial charge in [-0.05, 0) is 13.0 Å². The van der Waals surface area contributed by atoms with Crippen LogP contribution in [-0.2, 0) is 0 Å². The summed E-state index contributed by atoms with van der Waals surface area (Å²) in [5.74, 6) is 0.606. The molecule has 0 amide bonds. The van der Waals surface area contributed by atoms with Crippen LogP contribution in [0.15, 0.2) is 17.6 Å². The van der Waals surface area contributed by atoms with Crippen LogP contribution in [0.25, 0.3) is 21.0 Å². The maximum Gasteiger partial charge on any atom is 0.191 e. The summed E-state index contributed by atoms with van der Waals surface area (Å²) in [5.41, 5.74) is 0. The molecule has 3 nitrogen and oxygen atoms in total. The Morgan fingerprint density at radius 3 is 2.94 bits per heavy atom. The largest absolute Gasteiger partial charge is 0.241 e. The Bertz CT molecular complexity index is 645. The minimum Gasteiger partial charge on any atom is -0.241 e. The lowest BCUT2D eigenvalue weighted by atomic mass is 10.4. The van der Waals surface area contributed by atoms with Gasteiger partial charge in [0, 0.05) is 21.8 Å². The summed E-state index contributed by atoms with van der Waals surface area (Å²) in [4.78, 5) is 15.0. The Balaban J connectivity index is 2.28. The molecule has 3 heterocycles. The fourth-order valence-electron chi connectivity index (χ4n) is 1.44. The number of thiophene rings is 1. The Labute approximate surface area is 105 Å². The average molecular weight is 268 g/mol. The molecule has 6 heteroatoms. The summed E-state index contributed by atoms with van der Waals surface area (Å²) in [6.07, 6.45) is 1.74. The van der Waals surface area contributed by atoms with E-state index < -0.39 is 0 Å². The van der Waals surface area contributed by atoms with E-state index in [9.17, 15) is 0 Å². The van der Waals surface area contributed by atoms with Crippen LogP contribution in [0, 0.1) is 6.92 Å². The van der Waals surface area contributed by atoms with E-state index in [1.54, 1.807) is 17.5 Å². The van der Waals surface area contributed by atoms with Crippen LogP contribution in [-0.4, -0.2) is 15.0 Å². The Hall–Kier alpha value is -1.04. The molecule has 0 atom stereocenters. The van der Waals surface area contributed by atoms with Gasteiger partial charge in [0.25, 0.3) is 0 Å². The number of aryl methyl sites for hydroxylation is 1. The topological polar surface area (TPSA) is 38.7 Å². The normalized spacial score (nSPS) is 11.1. The number of thiazole rings is 1. The van der Waals surface area contributed by atoms with Crippen molar-refractivity contribution in [3.8, 4) is 10.8 Å². The zero-order valence-electron chi connectivity index (χ0n) is 8.27. The van der Waals surface area contributed by atoms with Crippen molar-refractivity contribution in [3.63, 3.8) is 0 Å². The number of hydrogen-bond donors (Lipinski definition) is 0. The molecule has 0 unspecified atom stereocenters. The van der Waals surface area contributed by atoms with Crippen LogP contribution in [0.4, 0.5) is 0 Å². The lowest BCUT2D eigenvalue weighted by molar-refractivity contribution is 1.22. The van der Waals surface area contributed by atoms with Crippen LogP contribution in [0.2, 0.25) is 5.15 Å². The second-order valence-electron chi connectivity index (χ2n) is 3.25. The Morgan fingerprint density at radius 2 is 2.19 bits per heavy atom. The highest BCUT2D eigenvalue weighted by Crippen LogP contribution is 2.30. The predicted octanol–water partition coefficient (Wildman–Crippen LogP) is 3.78. The third-order valence-corrected chi connectivity index (χ3v) is 4.09. The monoisotopic (exact) mass is 267 g/mol. The summed E-state index contributed by atoms with van der Waals surface area (Å²) in [7, 11) is 0. The zero-order chi connectivity index (χ0) is 11.1.